The van der Waals surface area contributed by atoms with Crippen molar-refractivity contribution in [3.63, 3.8) is 0 Å². The Labute approximate surface area is 118 Å². The highest BCUT2D eigenvalue weighted by Crippen LogP contribution is 2.05. The van der Waals surface area contributed by atoms with Crippen LogP contribution in [0.5, 0.6) is 0 Å². The summed E-state index contributed by atoms with van der Waals surface area (Å²) in [5.74, 6) is 0. The zero-order chi connectivity index (χ0) is 13.9. The van der Waals surface area contributed by atoms with Crippen molar-refractivity contribution in [3.05, 3.63) is 35.4 Å². The lowest BCUT2D eigenvalue weighted by atomic mass is 10.1. The van der Waals surface area contributed by atoms with Crippen molar-refractivity contribution < 1.29 is 4.74 Å². The number of ether oxygens (including phenoxy) is 1. The van der Waals surface area contributed by atoms with Gasteiger partial charge in [0.15, 0.2) is 0 Å². The summed E-state index contributed by atoms with van der Waals surface area (Å²) in [5, 5.41) is 3.36. The summed E-state index contributed by atoms with van der Waals surface area (Å²) in [6.07, 6.45) is 2.39. The second-order valence-electron chi connectivity index (χ2n) is 5.14. The molecule has 19 heavy (non-hydrogen) atoms. The summed E-state index contributed by atoms with van der Waals surface area (Å²) < 4.78 is 5.00. The summed E-state index contributed by atoms with van der Waals surface area (Å²) in [6.45, 7) is 7.14. The van der Waals surface area contributed by atoms with E-state index in [9.17, 15) is 0 Å². The molecule has 1 N–H and O–H groups in total. The molecule has 0 aliphatic rings. The van der Waals surface area contributed by atoms with E-state index < -0.39 is 0 Å². The van der Waals surface area contributed by atoms with E-state index in [1.54, 1.807) is 7.11 Å². The minimum absolute atomic E-state index is 0.789. The summed E-state index contributed by atoms with van der Waals surface area (Å²) in [7, 11) is 3.92. The lowest BCUT2D eigenvalue weighted by Gasteiger charge is -2.16. The van der Waals surface area contributed by atoms with Crippen LogP contribution in [0.2, 0.25) is 0 Å². The van der Waals surface area contributed by atoms with E-state index >= 15 is 0 Å². The maximum absolute atomic E-state index is 5.00. The van der Waals surface area contributed by atoms with Crippen molar-refractivity contribution in [1.82, 2.24) is 10.2 Å². The molecule has 0 aromatic heterocycles. The number of aryl methyl sites for hydroxylation is 2. The highest BCUT2D eigenvalue weighted by atomic mass is 16.5. The molecule has 3 heteroatoms. The van der Waals surface area contributed by atoms with Crippen molar-refractivity contribution >= 4 is 0 Å². The fraction of sp³-hybridized carbons (Fsp3) is 0.625. The summed E-state index contributed by atoms with van der Waals surface area (Å²) in [4.78, 5) is 2.38. The first-order valence-corrected chi connectivity index (χ1v) is 7.16. The third-order valence-corrected chi connectivity index (χ3v) is 3.28. The second kappa shape index (κ2) is 9.96. The van der Waals surface area contributed by atoms with Crippen molar-refractivity contribution in [2.75, 3.05) is 46.9 Å². The molecule has 0 unspecified atom stereocenters. The van der Waals surface area contributed by atoms with Gasteiger partial charge in [-0.25, -0.2) is 0 Å². The molecule has 1 aromatic rings. The van der Waals surface area contributed by atoms with Crippen LogP contribution in [0.4, 0.5) is 0 Å². The third kappa shape index (κ3) is 7.98. The van der Waals surface area contributed by atoms with E-state index in [1.807, 2.05) is 0 Å². The number of methoxy groups -OCH3 is 1. The molecule has 0 bridgehead atoms. The zero-order valence-corrected chi connectivity index (χ0v) is 12.6. The minimum Gasteiger partial charge on any atom is -0.383 e. The molecule has 0 amide bonds. The van der Waals surface area contributed by atoms with Gasteiger partial charge in [0.2, 0.25) is 0 Å². The molecule has 0 heterocycles. The minimum atomic E-state index is 0.789. The number of hydrogen-bond donors (Lipinski definition) is 1. The number of hydrogen-bond acceptors (Lipinski definition) is 3. The lowest BCUT2D eigenvalue weighted by Crippen LogP contribution is -2.31. The topological polar surface area (TPSA) is 24.5 Å². The van der Waals surface area contributed by atoms with Crippen LogP contribution in [0.3, 0.4) is 0 Å². The van der Waals surface area contributed by atoms with E-state index in [0.717, 1.165) is 32.8 Å². The lowest BCUT2D eigenvalue weighted by molar-refractivity contribution is 0.198. The van der Waals surface area contributed by atoms with Gasteiger partial charge in [0.25, 0.3) is 0 Å². The van der Waals surface area contributed by atoms with Gasteiger partial charge in [0, 0.05) is 26.7 Å². The molecule has 0 saturated carbocycles. The first-order chi connectivity index (χ1) is 9.22. The SMILES string of the molecule is COCCNCCN(C)CCCc1ccc(C)cc1. The van der Waals surface area contributed by atoms with Crippen LogP contribution < -0.4 is 5.32 Å². The predicted octanol–water partition coefficient (Wildman–Crippen LogP) is 2.10. The summed E-state index contributed by atoms with van der Waals surface area (Å²) in [5.41, 5.74) is 2.78. The highest BCUT2D eigenvalue weighted by Gasteiger charge is 1.99. The summed E-state index contributed by atoms with van der Waals surface area (Å²) in [6, 6.07) is 8.86. The van der Waals surface area contributed by atoms with Crippen LogP contribution in [0.15, 0.2) is 24.3 Å². The molecule has 0 atom stereocenters. The number of likely N-dealkylation sites (N-methyl/N-ethyl adjacent to an activating group) is 1. The first kappa shape index (κ1) is 16.2. The van der Waals surface area contributed by atoms with Crippen LogP contribution >= 0.6 is 0 Å². The molecule has 0 aliphatic heterocycles. The van der Waals surface area contributed by atoms with E-state index in [1.165, 1.54) is 24.0 Å². The maximum Gasteiger partial charge on any atom is 0.0587 e. The van der Waals surface area contributed by atoms with Gasteiger partial charge in [0.05, 0.1) is 6.61 Å². The first-order valence-electron chi connectivity index (χ1n) is 7.16. The van der Waals surface area contributed by atoms with Gasteiger partial charge in [-0.2, -0.15) is 0 Å². The fourth-order valence-corrected chi connectivity index (χ4v) is 1.99. The van der Waals surface area contributed by atoms with Gasteiger partial charge in [0.1, 0.15) is 0 Å². The number of nitrogens with one attached hydrogen (secondary N) is 1. The normalized spacial score (nSPS) is 11.2. The molecule has 0 radical (unpaired) electrons. The van der Waals surface area contributed by atoms with Gasteiger partial charge >= 0.3 is 0 Å². The highest BCUT2D eigenvalue weighted by molar-refractivity contribution is 5.21. The summed E-state index contributed by atoms with van der Waals surface area (Å²) >= 11 is 0. The van der Waals surface area contributed by atoms with Crippen molar-refractivity contribution in [1.29, 1.82) is 0 Å². The molecule has 1 aromatic carbocycles. The molecule has 3 nitrogen and oxygen atoms in total. The quantitative estimate of drug-likeness (QED) is 0.655. The van der Waals surface area contributed by atoms with Gasteiger partial charge < -0.3 is 15.0 Å². The monoisotopic (exact) mass is 264 g/mol. The van der Waals surface area contributed by atoms with Crippen molar-refractivity contribution in [2.24, 2.45) is 0 Å². The smallest absolute Gasteiger partial charge is 0.0587 e. The standard InChI is InChI=1S/C16H28N2O/c1-15-6-8-16(9-7-15)5-4-12-18(2)13-10-17-11-14-19-3/h6-9,17H,4-5,10-14H2,1-3H3. The van der Waals surface area contributed by atoms with Gasteiger partial charge in [-0.3, -0.25) is 0 Å². The third-order valence-electron chi connectivity index (χ3n) is 3.28. The van der Waals surface area contributed by atoms with Crippen LogP contribution in [0.25, 0.3) is 0 Å². The molecule has 1 rings (SSSR count). The van der Waals surface area contributed by atoms with Gasteiger partial charge in [-0.15, -0.1) is 0 Å². The Morgan fingerprint density at radius 2 is 1.84 bits per heavy atom. The van der Waals surface area contributed by atoms with E-state index in [2.05, 4.69) is 48.5 Å². The molecule has 0 fully saturated rings. The van der Waals surface area contributed by atoms with E-state index in [4.69, 9.17) is 4.74 Å². The van der Waals surface area contributed by atoms with Crippen molar-refractivity contribution in [3.8, 4) is 0 Å². The van der Waals surface area contributed by atoms with Crippen LogP contribution in [-0.4, -0.2) is 51.8 Å². The number of rotatable bonds is 10. The largest absolute Gasteiger partial charge is 0.383 e. The van der Waals surface area contributed by atoms with Crippen LogP contribution in [0, 0.1) is 6.92 Å². The zero-order valence-electron chi connectivity index (χ0n) is 12.6. The van der Waals surface area contributed by atoms with Crippen molar-refractivity contribution in [2.45, 2.75) is 19.8 Å². The molecular formula is C16H28N2O. The number of nitrogens with zero attached hydrogens (tertiary/aromatic N) is 1. The Morgan fingerprint density at radius 1 is 1.11 bits per heavy atom. The van der Waals surface area contributed by atoms with Crippen LogP contribution in [0.1, 0.15) is 17.5 Å². The molecule has 0 saturated heterocycles. The Balaban J connectivity index is 2.03. The average molecular weight is 264 g/mol. The maximum atomic E-state index is 5.00. The van der Waals surface area contributed by atoms with Gasteiger partial charge in [-0.1, -0.05) is 29.8 Å². The van der Waals surface area contributed by atoms with E-state index in [-0.39, 0.29) is 0 Å². The molecule has 0 spiro atoms. The van der Waals surface area contributed by atoms with Crippen LogP contribution in [-0.2, 0) is 11.2 Å². The second-order valence-corrected chi connectivity index (χ2v) is 5.14. The predicted molar refractivity (Wildman–Crippen MR) is 81.7 cm³/mol. The number of benzene rings is 1. The fourth-order valence-electron chi connectivity index (χ4n) is 1.99. The Hall–Kier alpha value is -0.900. The Bertz CT molecular complexity index is 324. The average Bonchev–Trinajstić information content (AvgIpc) is 2.41. The molecule has 108 valence electrons. The Kier molecular flexibility index (Phi) is 8.47. The Morgan fingerprint density at radius 3 is 2.53 bits per heavy atom. The molecule has 0 aliphatic carbocycles. The van der Waals surface area contributed by atoms with E-state index in [0.29, 0.717) is 0 Å². The molecular weight excluding hydrogens is 236 g/mol. The van der Waals surface area contributed by atoms with Gasteiger partial charge in [-0.05, 0) is 38.9 Å².